The summed E-state index contributed by atoms with van der Waals surface area (Å²) in [6.07, 6.45) is 2.89. The highest BCUT2D eigenvalue weighted by molar-refractivity contribution is 6.34. The van der Waals surface area contributed by atoms with Gasteiger partial charge in [0.05, 0.1) is 16.3 Å². The third-order valence-corrected chi connectivity index (χ3v) is 3.21. The van der Waals surface area contributed by atoms with Gasteiger partial charge in [0.1, 0.15) is 5.75 Å². The summed E-state index contributed by atoms with van der Waals surface area (Å²) in [4.78, 5) is 27.3. The van der Waals surface area contributed by atoms with Crippen LogP contribution in [-0.2, 0) is 4.79 Å². The number of ether oxygens (including phenoxy) is 1. The molecule has 0 atom stereocenters. The van der Waals surface area contributed by atoms with E-state index in [2.05, 4.69) is 15.6 Å². The molecular formula is C14H10ClN3O3. The number of anilines is 2. The molecule has 0 saturated carbocycles. The molecule has 1 aromatic carbocycles. The number of hydrogen-bond donors (Lipinski definition) is 2. The number of benzene rings is 1. The lowest BCUT2D eigenvalue weighted by molar-refractivity contribution is -0.118. The van der Waals surface area contributed by atoms with Crippen molar-refractivity contribution in [2.24, 2.45) is 0 Å². The molecule has 2 N–H and O–H groups in total. The molecule has 1 aromatic heterocycles. The topological polar surface area (TPSA) is 80.3 Å². The Hall–Kier alpha value is -2.60. The van der Waals surface area contributed by atoms with Gasteiger partial charge in [-0.3, -0.25) is 14.6 Å². The second-order valence-electron chi connectivity index (χ2n) is 4.36. The second-order valence-corrected chi connectivity index (χ2v) is 4.76. The van der Waals surface area contributed by atoms with E-state index in [0.29, 0.717) is 22.1 Å². The standard InChI is InChI=1S/C14H10ClN3O3/c15-10-3-4-16-6-9(10)14(20)17-8-1-2-12-11(5-8)18-13(19)7-21-12/h1-6H,7H2,(H,17,20)(H,18,19). The summed E-state index contributed by atoms with van der Waals surface area (Å²) in [7, 11) is 0. The van der Waals surface area contributed by atoms with E-state index in [1.165, 1.54) is 18.5 Å². The van der Waals surface area contributed by atoms with Gasteiger partial charge >= 0.3 is 0 Å². The van der Waals surface area contributed by atoms with Gasteiger partial charge in [0.25, 0.3) is 11.8 Å². The highest BCUT2D eigenvalue weighted by atomic mass is 35.5. The fraction of sp³-hybridized carbons (Fsp3) is 0.0714. The van der Waals surface area contributed by atoms with Crippen molar-refractivity contribution in [3.05, 3.63) is 47.2 Å². The van der Waals surface area contributed by atoms with Gasteiger partial charge in [-0.15, -0.1) is 0 Å². The number of carbonyl (C=O) groups is 2. The zero-order valence-corrected chi connectivity index (χ0v) is 11.5. The predicted octanol–water partition coefficient (Wildman–Crippen LogP) is 2.32. The van der Waals surface area contributed by atoms with E-state index < -0.39 is 0 Å². The zero-order chi connectivity index (χ0) is 14.8. The summed E-state index contributed by atoms with van der Waals surface area (Å²) in [5.74, 6) is -0.0515. The first kappa shape index (κ1) is 13.4. The van der Waals surface area contributed by atoms with E-state index in [-0.39, 0.29) is 24.0 Å². The van der Waals surface area contributed by atoms with Crippen LogP contribution in [0, 0.1) is 0 Å². The minimum Gasteiger partial charge on any atom is -0.482 e. The van der Waals surface area contributed by atoms with Crippen molar-refractivity contribution in [3.8, 4) is 5.75 Å². The molecule has 0 fully saturated rings. The molecule has 6 nitrogen and oxygen atoms in total. The molecule has 2 aromatic rings. The van der Waals surface area contributed by atoms with Crippen molar-refractivity contribution < 1.29 is 14.3 Å². The lowest BCUT2D eigenvalue weighted by Gasteiger charge is -2.18. The lowest BCUT2D eigenvalue weighted by Crippen LogP contribution is -2.25. The van der Waals surface area contributed by atoms with Crippen LogP contribution in [0.4, 0.5) is 11.4 Å². The SMILES string of the molecule is O=C1COc2ccc(NC(=O)c3cnccc3Cl)cc2N1. The third-order valence-electron chi connectivity index (χ3n) is 2.88. The van der Waals surface area contributed by atoms with Crippen molar-refractivity contribution >= 4 is 34.8 Å². The van der Waals surface area contributed by atoms with Crippen LogP contribution in [0.1, 0.15) is 10.4 Å². The number of amides is 2. The van der Waals surface area contributed by atoms with E-state index in [0.717, 1.165) is 0 Å². The van der Waals surface area contributed by atoms with Gasteiger partial charge in [0.2, 0.25) is 0 Å². The molecule has 1 aliphatic heterocycles. The average molecular weight is 304 g/mol. The Bertz CT molecular complexity index is 733. The van der Waals surface area contributed by atoms with Gasteiger partial charge in [-0.25, -0.2) is 0 Å². The molecule has 0 bridgehead atoms. The summed E-state index contributed by atoms with van der Waals surface area (Å²) >= 11 is 5.94. The maximum absolute atomic E-state index is 12.1. The molecule has 7 heteroatoms. The molecule has 3 rings (SSSR count). The van der Waals surface area contributed by atoms with Crippen molar-refractivity contribution in [2.75, 3.05) is 17.2 Å². The molecule has 0 aliphatic carbocycles. The normalized spacial score (nSPS) is 12.9. The summed E-state index contributed by atoms with van der Waals surface area (Å²) in [5, 5.41) is 5.68. The van der Waals surface area contributed by atoms with Crippen LogP contribution in [0.25, 0.3) is 0 Å². The van der Waals surface area contributed by atoms with E-state index in [1.54, 1.807) is 18.2 Å². The Morgan fingerprint density at radius 1 is 1.38 bits per heavy atom. The monoisotopic (exact) mass is 303 g/mol. The molecule has 0 radical (unpaired) electrons. The maximum atomic E-state index is 12.1. The van der Waals surface area contributed by atoms with Crippen LogP contribution in [0.15, 0.2) is 36.7 Å². The van der Waals surface area contributed by atoms with Crippen LogP contribution < -0.4 is 15.4 Å². The van der Waals surface area contributed by atoms with Gasteiger partial charge in [-0.05, 0) is 24.3 Å². The first-order chi connectivity index (χ1) is 10.1. The molecule has 21 heavy (non-hydrogen) atoms. The number of nitrogens with one attached hydrogen (secondary N) is 2. The summed E-state index contributed by atoms with van der Waals surface area (Å²) in [6.45, 7) is -0.00992. The van der Waals surface area contributed by atoms with Gasteiger partial charge in [-0.2, -0.15) is 0 Å². The molecule has 0 saturated heterocycles. The van der Waals surface area contributed by atoms with Crippen molar-refractivity contribution in [2.45, 2.75) is 0 Å². The number of aromatic nitrogens is 1. The van der Waals surface area contributed by atoms with Gasteiger partial charge < -0.3 is 15.4 Å². The van der Waals surface area contributed by atoms with Crippen LogP contribution in [-0.4, -0.2) is 23.4 Å². The number of rotatable bonds is 2. The first-order valence-electron chi connectivity index (χ1n) is 6.11. The average Bonchev–Trinajstić information content (AvgIpc) is 2.47. The smallest absolute Gasteiger partial charge is 0.262 e. The number of carbonyl (C=O) groups excluding carboxylic acids is 2. The maximum Gasteiger partial charge on any atom is 0.262 e. The van der Waals surface area contributed by atoms with E-state index in [1.807, 2.05) is 0 Å². The second kappa shape index (κ2) is 5.41. The van der Waals surface area contributed by atoms with Gasteiger partial charge in [-0.1, -0.05) is 11.6 Å². The third kappa shape index (κ3) is 2.80. The highest BCUT2D eigenvalue weighted by Gasteiger charge is 2.17. The Labute approximate surface area is 125 Å². The first-order valence-corrected chi connectivity index (χ1v) is 6.49. The largest absolute Gasteiger partial charge is 0.482 e. The van der Waals surface area contributed by atoms with Crippen LogP contribution in [0.5, 0.6) is 5.75 Å². The van der Waals surface area contributed by atoms with Crippen LogP contribution >= 0.6 is 11.6 Å². The van der Waals surface area contributed by atoms with Gasteiger partial charge in [0.15, 0.2) is 6.61 Å². The van der Waals surface area contributed by atoms with Crippen LogP contribution in [0.3, 0.4) is 0 Å². The zero-order valence-electron chi connectivity index (χ0n) is 10.7. The minimum absolute atomic E-state index is 0.00992. The fourth-order valence-electron chi connectivity index (χ4n) is 1.90. The Balaban J connectivity index is 1.82. The van der Waals surface area contributed by atoms with E-state index in [9.17, 15) is 9.59 Å². The molecule has 2 heterocycles. The van der Waals surface area contributed by atoms with E-state index in [4.69, 9.17) is 16.3 Å². The number of pyridine rings is 1. The van der Waals surface area contributed by atoms with Gasteiger partial charge in [0, 0.05) is 18.1 Å². The number of nitrogens with zero attached hydrogens (tertiary/aromatic N) is 1. The summed E-state index contributed by atoms with van der Waals surface area (Å²) in [6, 6.07) is 6.51. The Morgan fingerprint density at radius 2 is 2.24 bits per heavy atom. The molecule has 0 unspecified atom stereocenters. The van der Waals surface area contributed by atoms with E-state index >= 15 is 0 Å². The molecule has 2 amide bonds. The predicted molar refractivity (Wildman–Crippen MR) is 77.8 cm³/mol. The summed E-state index contributed by atoms with van der Waals surface area (Å²) in [5.41, 5.74) is 1.31. The fourth-order valence-corrected chi connectivity index (χ4v) is 2.09. The quantitative estimate of drug-likeness (QED) is 0.892. The molecule has 1 aliphatic rings. The minimum atomic E-state index is -0.379. The highest BCUT2D eigenvalue weighted by Crippen LogP contribution is 2.30. The Morgan fingerprint density at radius 3 is 3.05 bits per heavy atom. The van der Waals surface area contributed by atoms with Crippen LogP contribution in [0.2, 0.25) is 5.02 Å². The van der Waals surface area contributed by atoms with Crippen molar-refractivity contribution in [1.82, 2.24) is 4.98 Å². The summed E-state index contributed by atoms with van der Waals surface area (Å²) < 4.78 is 5.24. The Kier molecular flexibility index (Phi) is 3.45. The number of hydrogen-bond acceptors (Lipinski definition) is 4. The van der Waals surface area contributed by atoms with Crippen molar-refractivity contribution in [3.63, 3.8) is 0 Å². The molecule has 0 spiro atoms. The molecular weight excluding hydrogens is 294 g/mol. The number of halogens is 1. The lowest BCUT2D eigenvalue weighted by atomic mass is 10.2. The number of fused-ring (bicyclic) bond motifs is 1. The molecule has 106 valence electrons. The van der Waals surface area contributed by atoms with Crippen molar-refractivity contribution in [1.29, 1.82) is 0 Å².